The molecule has 1 heterocycles. The number of aromatic nitrogens is 2. The zero-order chi connectivity index (χ0) is 16.4. The Kier molecular flexibility index (Phi) is 5.01. The van der Waals surface area contributed by atoms with Crippen LogP contribution in [0.2, 0.25) is 5.15 Å². The molecule has 2 unspecified atom stereocenters. The SMILES string of the molecule is CNc1c(Cl)ncnc1NCC1(O)CCCC(C(F)(F)F)C1. The predicted octanol–water partition coefficient (Wildman–Crippen LogP) is 3.07. The van der Waals surface area contributed by atoms with E-state index in [1.54, 1.807) is 7.05 Å². The van der Waals surface area contributed by atoms with Crippen molar-refractivity contribution >= 4 is 23.1 Å². The third kappa shape index (κ3) is 3.92. The zero-order valence-corrected chi connectivity index (χ0v) is 12.8. The highest BCUT2D eigenvalue weighted by Gasteiger charge is 2.46. The molecule has 1 aromatic heterocycles. The van der Waals surface area contributed by atoms with Gasteiger partial charge in [-0.05, 0) is 25.7 Å². The molecule has 5 nitrogen and oxygen atoms in total. The highest BCUT2D eigenvalue weighted by Crippen LogP contribution is 2.42. The van der Waals surface area contributed by atoms with Crippen LogP contribution in [-0.2, 0) is 0 Å². The van der Waals surface area contributed by atoms with E-state index < -0.39 is 17.7 Å². The molecule has 124 valence electrons. The third-order valence-corrected chi connectivity index (χ3v) is 4.21. The molecule has 0 spiro atoms. The van der Waals surface area contributed by atoms with E-state index in [9.17, 15) is 18.3 Å². The molecule has 0 aliphatic heterocycles. The van der Waals surface area contributed by atoms with Crippen molar-refractivity contribution in [1.82, 2.24) is 9.97 Å². The van der Waals surface area contributed by atoms with Crippen molar-refractivity contribution in [3.63, 3.8) is 0 Å². The van der Waals surface area contributed by atoms with E-state index in [1.165, 1.54) is 6.33 Å². The van der Waals surface area contributed by atoms with Crippen LogP contribution in [0.3, 0.4) is 0 Å². The number of alkyl halides is 3. The number of hydrogen-bond acceptors (Lipinski definition) is 5. The molecule has 2 rings (SSSR count). The zero-order valence-electron chi connectivity index (χ0n) is 12.0. The van der Waals surface area contributed by atoms with Crippen molar-refractivity contribution in [2.75, 3.05) is 24.2 Å². The maximum absolute atomic E-state index is 12.8. The number of hydrogen-bond donors (Lipinski definition) is 3. The maximum Gasteiger partial charge on any atom is 0.391 e. The van der Waals surface area contributed by atoms with Gasteiger partial charge in [-0.2, -0.15) is 13.2 Å². The summed E-state index contributed by atoms with van der Waals surface area (Å²) in [5.41, 5.74) is -0.975. The highest BCUT2D eigenvalue weighted by molar-refractivity contribution is 6.32. The van der Waals surface area contributed by atoms with Crippen LogP contribution in [-0.4, -0.2) is 40.4 Å². The van der Waals surface area contributed by atoms with E-state index in [1.807, 2.05) is 0 Å². The lowest BCUT2D eigenvalue weighted by Crippen LogP contribution is -2.45. The molecular weight excluding hydrogens is 321 g/mol. The van der Waals surface area contributed by atoms with E-state index in [2.05, 4.69) is 20.6 Å². The quantitative estimate of drug-likeness (QED) is 0.736. The predicted molar refractivity (Wildman–Crippen MR) is 78.0 cm³/mol. The summed E-state index contributed by atoms with van der Waals surface area (Å²) in [4.78, 5) is 7.80. The lowest BCUT2D eigenvalue weighted by atomic mass is 9.77. The van der Waals surface area contributed by atoms with Gasteiger partial charge in [0.05, 0.1) is 11.5 Å². The Morgan fingerprint density at radius 2 is 2.18 bits per heavy atom. The molecule has 1 aromatic rings. The minimum Gasteiger partial charge on any atom is -0.388 e. The molecule has 0 bridgehead atoms. The summed E-state index contributed by atoms with van der Waals surface area (Å²) in [5.74, 6) is -1.11. The van der Waals surface area contributed by atoms with Gasteiger partial charge in [0, 0.05) is 13.6 Å². The van der Waals surface area contributed by atoms with Gasteiger partial charge >= 0.3 is 6.18 Å². The number of anilines is 2. The first kappa shape index (κ1) is 17.1. The van der Waals surface area contributed by atoms with Crippen LogP contribution in [0.1, 0.15) is 25.7 Å². The summed E-state index contributed by atoms with van der Waals surface area (Å²) in [6.07, 6.45) is -2.62. The highest BCUT2D eigenvalue weighted by atomic mass is 35.5. The topological polar surface area (TPSA) is 70.1 Å². The fourth-order valence-electron chi connectivity index (χ4n) is 2.75. The normalized spacial score (nSPS) is 25.8. The molecule has 1 saturated carbocycles. The van der Waals surface area contributed by atoms with Crippen molar-refractivity contribution in [2.24, 2.45) is 5.92 Å². The summed E-state index contributed by atoms with van der Waals surface area (Å²) in [7, 11) is 1.63. The van der Waals surface area contributed by atoms with Crippen LogP contribution in [0.25, 0.3) is 0 Å². The van der Waals surface area contributed by atoms with Crippen molar-refractivity contribution in [2.45, 2.75) is 37.5 Å². The van der Waals surface area contributed by atoms with E-state index in [0.717, 1.165) is 0 Å². The van der Waals surface area contributed by atoms with Gasteiger partial charge in [-0.1, -0.05) is 11.6 Å². The summed E-state index contributed by atoms with van der Waals surface area (Å²) in [6.45, 7) is -0.0262. The number of halogens is 4. The summed E-state index contributed by atoms with van der Waals surface area (Å²) < 4.78 is 38.5. The minimum absolute atomic E-state index is 0.0262. The van der Waals surface area contributed by atoms with E-state index in [0.29, 0.717) is 24.3 Å². The van der Waals surface area contributed by atoms with Gasteiger partial charge in [0.2, 0.25) is 0 Å². The first-order valence-electron chi connectivity index (χ1n) is 6.96. The Morgan fingerprint density at radius 3 is 2.82 bits per heavy atom. The number of nitrogens with one attached hydrogen (secondary N) is 2. The number of rotatable bonds is 4. The Morgan fingerprint density at radius 1 is 1.45 bits per heavy atom. The van der Waals surface area contributed by atoms with Gasteiger partial charge in [-0.3, -0.25) is 0 Å². The van der Waals surface area contributed by atoms with Crippen molar-refractivity contribution in [3.05, 3.63) is 11.5 Å². The fourth-order valence-corrected chi connectivity index (χ4v) is 2.98. The average molecular weight is 339 g/mol. The smallest absolute Gasteiger partial charge is 0.388 e. The first-order chi connectivity index (χ1) is 10.2. The molecule has 0 radical (unpaired) electrons. The monoisotopic (exact) mass is 338 g/mol. The standard InChI is InChI=1S/C13H18ClF3N4O/c1-18-9-10(14)20-7-21-11(9)19-6-12(22)4-2-3-8(5-12)13(15,16)17/h7-8,18,22H,2-6H2,1H3,(H,19,20,21). The van der Waals surface area contributed by atoms with E-state index >= 15 is 0 Å². The van der Waals surface area contributed by atoms with Crippen molar-refractivity contribution < 1.29 is 18.3 Å². The second-order valence-electron chi connectivity index (χ2n) is 5.55. The van der Waals surface area contributed by atoms with Gasteiger partial charge in [-0.25, -0.2) is 9.97 Å². The average Bonchev–Trinajstić information content (AvgIpc) is 2.44. The van der Waals surface area contributed by atoms with Crippen LogP contribution in [0.5, 0.6) is 0 Å². The molecule has 9 heteroatoms. The van der Waals surface area contributed by atoms with Crippen molar-refractivity contribution in [3.8, 4) is 0 Å². The Balaban J connectivity index is 2.06. The molecule has 3 N–H and O–H groups in total. The fraction of sp³-hybridized carbons (Fsp3) is 0.692. The van der Waals surface area contributed by atoms with Crippen molar-refractivity contribution in [1.29, 1.82) is 0 Å². The van der Waals surface area contributed by atoms with Gasteiger partial charge in [-0.15, -0.1) is 0 Å². The molecule has 1 aliphatic rings. The van der Waals surface area contributed by atoms with Crippen LogP contribution < -0.4 is 10.6 Å². The Bertz CT molecular complexity index is 528. The number of aliphatic hydroxyl groups is 1. The largest absolute Gasteiger partial charge is 0.391 e. The first-order valence-corrected chi connectivity index (χ1v) is 7.34. The summed E-state index contributed by atoms with van der Waals surface area (Å²) in [5, 5.41) is 16.3. The van der Waals surface area contributed by atoms with Crippen LogP contribution >= 0.6 is 11.6 Å². The Hall–Kier alpha value is -1.28. The van der Waals surface area contributed by atoms with E-state index in [-0.39, 0.29) is 24.5 Å². The molecular formula is C13H18ClF3N4O. The maximum atomic E-state index is 12.8. The minimum atomic E-state index is -4.28. The molecule has 2 atom stereocenters. The van der Waals surface area contributed by atoms with Crippen LogP contribution in [0.15, 0.2) is 6.33 Å². The van der Waals surface area contributed by atoms with Crippen LogP contribution in [0.4, 0.5) is 24.7 Å². The molecule has 22 heavy (non-hydrogen) atoms. The molecule has 1 aliphatic carbocycles. The molecule has 0 aromatic carbocycles. The van der Waals surface area contributed by atoms with Gasteiger partial charge in [0.25, 0.3) is 0 Å². The molecule has 0 saturated heterocycles. The summed E-state index contributed by atoms with van der Waals surface area (Å²) >= 11 is 5.90. The Labute approximate surface area is 131 Å². The second-order valence-corrected chi connectivity index (χ2v) is 5.91. The second kappa shape index (κ2) is 6.45. The lowest BCUT2D eigenvalue weighted by molar-refractivity contribution is -0.199. The molecule has 0 amide bonds. The third-order valence-electron chi connectivity index (χ3n) is 3.92. The number of nitrogens with zero attached hydrogens (tertiary/aromatic N) is 2. The summed E-state index contributed by atoms with van der Waals surface area (Å²) in [6, 6.07) is 0. The van der Waals surface area contributed by atoms with E-state index in [4.69, 9.17) is 11.6 Å². The van der Waals surface area contributed by atoms with Gasteiger partial charge in [0.15, 0.2) is 11.0 Å². The van der Waals surface area contributed by atoms with Crippen LogP contribution in [0, 0.1) is 5.92 Å². The lowest BCUT2D eigenvalue weighted by Gasteiger charge is -2.37. The van der Waals surface area contributed by atoms with Gasteiger partial charge in [0.1, 0.15) is 12.0 Å². The van der Waals surface area contributed by atoms with Gasteiger partial charge < -0.3 is 15.7 Å². The molecule has 1 fully saturated rings.